The van der Waals surface area contributed by atoms with Crippen LogP contribution >= 0.6 is 11.6 Å². The minimum Gasteiger partial charge on any atom is -0.356 e. The van der Waals surface area contributed by atoms with E-state index in [0.29, 0.717) is 27.6 Å². The molecule has 0 aliphatic heterocycles. The van der Waals surface area contributed by atoms with E-state index in [2.05, 4.69) is 20.0 Å². The van der Waals surface area contributed by atoms with Crippen LogP contribution in [0.3, 0.4) is 0 Å². The van der Waals surface area contributed by atoms with Crippen molar-refractivity contribution in [3.05, 3.63) is 41.1 Å². The van der Waals surface area contributed by atoms with Crippen molar-refractivity contribution in [2.75, 3.05) is 18.0 Å². The molecule has 0 bridgehead atoms. The van der Waals surface area contributed by atoms with Gasteiger partial charge in [0, 0.05) is 18.7 Å². The second-order valence-corrected chi connectivity index (χ2v) is 5.54. The number of nitrogens with zero attached hydrogens (tertiary/aromatic N) is 5. The van der Waals surface area contributed by atoms with Gasteiger partial charge in [-0.3, -0.25) is 0 Å². The molecule has 3 rings (SSSR count). The van der Waals surface area contributed by atoms with E-state index >= 15 is 0 Å². The zero-order chi connectivity index (χ0) is 16.6. The van der Waals surface area contributed by atoms with Gasteiger partial charge in [-0.25, -0.2) is 9.37 Å². The molecule has 0 aliphatic carbocycles. The summed E-state index contributed by atoms with van der Waals surface area (Å²) < 4.78 is 16.2. The number of anilines is 1. The lowest BCUT2D eigenvalue weighted by Crippen LogP contribution is -2.26. The minimum atomic E-state index is -0.379. The summed E-state index contributed by atoms with van der Waals surface area (Å²) in [4.78, 5) is 10.7. The summed E-state index contributed by atoms with van der Waals surface area (Å²) in [6.45, 7) is 7.39. The normalized spacial score (nSPS) is 11.2. The molecule has 0 spiro atoms. The number of hydrogen-bond acceptors (Lipinski definition) is 4. The van der Waals surface area contributed by atoms with Crippen molar-refractivity contribution < 1.29 is 4.39 Å². The maximum absolute atomic E-state index is 14.5. The fourth-order valence-corrected chi connectivity index (χ4v) is 3.04. The van der Waals surface area contributed by atoms with Gasteiger partial charge in [-0.1, -0.05) is 17.7 Å². The molecule has 0 saturated carbocycles. The average Bonchev–Trinajstić information content (AvgIpc) is 2.97. The van der Waals surface area contributed by atoms with Gasteiger partial charge in [0.1, 0.15) is 18.0 Å². The van der Waals surface area contributed by atoms with Crippen LogP contribution in [-0.4, -0.2) is 32.7 Å². The summed E-state index contributed by atoms with van der Waals surface area (Å²) in [6, 6.07) is 4.67. The lowest BCUT2D eigenvalue weighted by molar-refractivity contribution is 0.630. The largest absolute Gasteiger partial charge is 0.356 e. The highest BCUT2D eigenvalue weighted by molar-refractivity contribution is 6.33. The lowest BCUT2D eigenvalue weighted by atomic mass is 10.0. The molecule has 0 aliphatic rings. The number of aryl methyl sites for hydroxylation is 1. The number of halogens is 2. The van der Waals surface area contributed by atoms with Gasteiger partial charge >= 0.3 is 0 Å². The number of benzene rings is 1. The highest BCUT2D eigenvalue weighted by Crippen LogP contribution is 2.38. The quantitative estimate of drug-likeness (QED) is 0.729. The van der Waals surface area contributed by atoms with Crippen molar-refractivity contribution in [3.8, 4) is 11.1 Å². The molecule has 2 aromatic heterocycles. The van der Waals surface area contributed by atoms with Crippen LogP contribution < -0.4 is 4.90 Å². The van der Waals surface area contributed by atoms with Crippen molar-refractivity contribution in [1.29, 1.82) is 0 Å². The SMILES string of the molecule is CCN(CC)c1c(-c2c(F)cccc2Cl)c(C)nc2ncnn12. The minimum absolute atomic E-state index is 0.346. The second kappa shape index (κ2) is 6.12. The van der Waals surface area contributed by atoms with E-state index < -0.39 is 0 Å². The smallest absolute Gasteiger partial charge is 0.254 e. The molecule has 7 heteroatoms. The first-order chi connectivity index (χ1) is 11.1. The summed E-state index contributed by atoms with van der Waals surface area (Å²) in [7, 11) is 0. The molecule has 0 atom stereocenters. The Kier molecular flexibility index (Phi) is 4.17. The molecule has 5 nitrogen and oxygen atoms in total. The Morgan fingerprint density at radius 3 is 2.61 bits per heavy atom. The molecule has 120 valence electrons. The molecule has 0 fully saturated rings. The van der Waals surface area contributed by atoms with Crippen LogP contribution in [0.1, 0.15) is 19.5 Å². The second-order valence-electron chi connectivity index (χ2n) is 5.14. The van der Waals surface area contributed by atoms with E-state index in [4.69, 9.17) is 11.6 Å². The van der Waals surface area contributed by atoms with Gasteiger partial charge in [-0.15, -0.1) is 0 Å². The fraction of sp³-hybridized carbons (Fsp3) is 0.312. The Bertz CT molecular complexity index is 837. The maximum atomic E-state index is 14.5. The third-order valence-corrected chi connectivity index (χ3v) is 4.17. The third kappa shape index (κ3) is 2.53. The van der Waals surface area contributed by atoms with Crippen LogP contribution in [-0.2, 0) is 0 Å². The van der Waals surface area contributed by atoms with Gasteiger partial charge in [0.05, 0.1) is 16.3 Å². The van der Waals surface area contributed by atoms with Gasteiger partial charge in [-0.2, -0.15) is 14.6 Å². The van der Waals surface area contributed by atoms with E-state index in [-0.39, 0.29) is 5.82 Å². The lowest BCUT2D eigenvalue weighted by Gasteiger charge is -2.25. The van der Waals surface area contributed by atoms with Crippen LogP contribution in [0.25, 0.3) is 16.9 Å². The molecule has 0 saturated heterocycles. The van der Waals surface area contributed by atoms with E-state index in [0.717, 1.165) is 18.9 Å². The van der Waals surface area contributed by atoms with Gasteiger partial charge in [0.15, 0.2) is 0 Å². The van der Waals surface area contributed by atoms with Gasteiger partial charge in [-0.05, 0) is 32.9 Å². The molecule has 0 unspecified atom stereocenters. The number of hydrogen-bond donors (Lipinski definition) is 0. The van der Waals surface area contributed by atoms with Gasteiger partial charge < -0.3 is 4.90 Å². The summed E-state index contributed by atoms with van der Waals surface area (Å²) in [5, 5.41) is 4.61. The van der Waals surface area contributed by atoms with Crippen molar-refractivity contribution in [2.24, 2.45) is 0 Å². The standard InChI is InChI=1S/C16H17ClFN5/c1-4-22(5-2)15-13(14-11(17)7-6-8-12(14)18)10(3)21-16-19-9-20-23(15)16/h6-9H,4-5H2,1-3H3. The first-order valence-corrected chi connectivity index (χ1v) is 7.85. The molecule has 0 N–H and O–H groups in total. The van der Waals surface area contributed by atoms with Crippen LogP contribution in [0.4, 0.5) is 10.2 Å². The van der Waals surface area contributed by atoms with Crippen LogP contribution in [0.2, 0.25) is 5.02 Å². The summed E-state index contributed by atoms with van der Waals surface area (Å²) >= 11 is 6.29. The average molecular weight is 334 g/mol. The van der Waals surface area contributed by atoms with E-state index in [1.54, 1.807) is 16.6 Å². The zero-order valence-corrected chi connectivity index (χ0v) is 14.0. The van der Waals surface area contributed by atoms with Crippen molar-refractivity contribution in [2.45, 2.75) is 20.8 Å². The number of rotatable bonds is 4. The first kappa shape index (κ1) is 15.7. The van der Waals surface area contributed by atoms with Gasteiger partial charge in [0.25, 0.3) is 5.78 Å². The topological polar surface area (TPSA) is 46.3 Å². The van der Waals surface area contributed by atoms with E-state index in [1.165, 1.54) is 12.4 Å². The molecular formula is C16H17ClFN5. The van der Waals surface area contributed by atoms with Crippen LogP contribution in [0.5, 0.6) is 0 Å². The summed E-state index contributed by atoms with van der Waals surface area (Å²) in [5.74, 6) is 0.859. The molecule has 0 amide bonds. The van der Waals surface area contributed by atoms with E-state index in [9.17, 15) is 4.39 Å². The molecule has 0 radical (unpaired) electrons. The van der Waals surface area contributed by atoms with Crippen molar-refractivity contribution >= 4 is 23.2 Å². The maximum Gasteiger partial charge on any atom is 0.254 e. The molecule has 2 heterocycles. The highest BCUT2D eigenvalue weighted by atomic mass is 35.5. The number of fused-ring (bicyclic) bond motifs is 1. The number of aromatic nitrogens is 4. The molecular weight excluding hydrogens is 317 g/mol. The first-order valence-electron chi connectivity index (χ1n) is 7.48. The molecule has 3 aromatic rings. The zero-order valence-electron chi connectivity index (χ0n) is 13.2. The molecule has 23 heavy (non-hydrogen) atoms. The van der Waals surface area contributed by atoms with Crippen molar-refractivity contribution in [1.82, 2.24) is 19.6 Å². The Hall–Kier alpha value is -2.21. The Labute approximate surface area is 138 Å². The predicted molar refractivity (Wildman–Crippen MR) is 89.5 cm³/mol. The van der Waals surface area contributed by atoms with Gasteiger partial charge in [0.2, 0.25) is 0 Å². The fourth-order valence-electron chi connectivity index (χ4n) is 2.78. The Morgan fingerprint density at radius 2 is 1.96 bits per heavy atom. The third-order valence-electron chi connectivity index (χ3n) is 3.86. The monoisotopic (exact) mass is 333 g/mol. The van der Waals surface area contributed by atoms with Crippen LogP contribution in [0, 0.1) is 12.7 Å². The van der Waals surface area contributed by atoms with Crippen molar-refractivity contribution in [3.63, 3.8) is 0 Å². The summed E-state index contributed by atoms with van der Waals surface area (Å²) in [6.07, 6.45) is 1.45. The Balaban J connectivity index is 2.44. The van der Waals surface area contributed by atoms with Crippen LogP contribution in [0.15, 0.2) is 24.5 Å². The van der Waals surface area contributed by atoms with E-state index in [1.807, 2.05) is 20.8 Å². The Morgan fingerprint density at radius 1 is 1.22 bits per heavy atom. The highest BCUT2D eigenvalue weighted by Gasteiger charge is 2.23. The molecule has 1 aromatic carbocycles. The summed E-state index contributed by atoms with van der Waals surface area (Å²) in [5.41, 5.74) is 1.66. The predicted octanol–water partition coefficient (Wildman–Crippen LogP) is 3.74.